The zero-order valence-corrected chi connectivity index (χ0v) is 12.6. The van der Waals surface area contributed by atoms with E-state index in [1.165, 1.54) is 19.2 Å². The molecule has 0 aliphatic carbocycles. The highest BCUT2D eigenvalue weighted by atomic mass is 79.9. The molecule has 0 spiro atoms. The monoisotopic (exact) mass is 363 g/mol. The van der Waals surface area contributed by atoms with Gasteiger partial charge in [0.25, 0.3) is 5.56 Å². The maximum absolute atomic E-state index is 11.6. The summed E-state index contributed by atoms with van der Waals surface area (Å²) in [6.45, 7) is 0.964. The summed E-state index contributed by atoms with van der Waals surface area (Å²) in [4.78, 5) is 20.7. The van der Waals surface area contributed by atoms with Gasteiger partial charge in [-0.3, -0.25) is 4.79 Å². The first-order valence-electron chi connectivity index (χ1n) is 5.80. The van der Waals surface area contributed by atoms with Gasteiger partial charge in [0.2, 0.25) is 0 Å². The largest absolute Gasteiger partial charge is 0.352 e. The van der Waals surface area contributed by atoms with Crippen LogP contribution in [0.25, 0.3) is 0 Å². The Morgan fingerprint density at radius 1 is 1.47 bits per heavy atom. The molecule has 1 aromatic heterocycles. The molecule has 0 amide bonds. The first-order chi connectivity index (χ1) is 8.24. The average molecular weight is 365 g/mol. The van der Waals surface area contributed by atoms with Crippen LogP contribution < -0.4 is 10.5 Å². The van der Waals surface area contributed by atoms with Gasteiger partial charge >= 0.3 is 0 Å². The lowest BCUT2D eigenvalue weighted by molar-refractivity contribution is 0.619. The number of hydrogen-bond acceptors (Lipinski definition) is 3. The molecule has 1 N–H and O–H groups in total. The van der Waals surface area contributed by atoms with E-state index >= 15 is 0 Å². The summed E-state index contributed by atoms with van der Waals surface area (Å²) in [6.07, 6.45) is 6.27. The molecule has 1 unspecified atom stereocenters. The van der Waals surface area contributed by atoms with Crippen LogP contribution in [0.4, 0.5) is 5.82 Å². The number of nitrogens with one attached hydrogen (secondary N) is 1. The van der Waals surface area contributed by atoms with Gasteiger partial charge in [0.15, 0.2) is 5.82 Å². The molecule has 1 fully saturated rings. The summed E-state index contributed by atoms with van der Waals surface area (Å²) >= 11 is 6.89. The van der Waals surface area contributed by atoms with Crippen LogP contribution in [0.15, 0.2) is 15.6 Å². The number of aromatic amines is 1. The Balaban J connectivity index is 2.35. The Labute approximate surface area is 117 Å². The lowest BCUT2D eigenvalue weighted by Crippen LogP contribution is -2.37. The van der Waals surface area contributed by atoms with Gasteiger partial charge < -0.3 is 9.88 Å². The van der Waals surface area contributed by atoms with Crippen LogP contribution >= 0.6 is 31.9 Å². The highest BCUT2D eigenvalue weighted by molar-refractivity contribution is 9.10. The first-order valence-corrected chi connectivity index (χ1v) is 7.71. The molecule has 94 valence electrons. The van der Waals surface area contributed by atoms with Crippen LogP contribution in [-0.2, 0) is 0 Å². The number of rotatable bonds is 2. The second-order valence-corrected chi connectivity index (χ2v) is 5.66. The molecule has 0 bridgehead atoms. The molecule has 4 nitrogen and oxygen atoms in total. The van der Waals surface area contributed by atoms with Gasteiger partial charge in [0, 0.05) is 17.9 Å². The minimum absolute atomic E-state index is 0.118. The Morgan fingerprint density at radius 3 is 3.06 bits per heavy atom. The van der Waals surface area contributed by atoms with Crippen LogP contribution in [0.2, 0.25) is 0 Å². The molecular formula is C11H15Br2N3O. The van der Waals surface area contributed by atoms with Gasteiger partial charge in [0.1, 0.15) is 4.47 Å². The third-order valence-electron chi connectivity index (χ3n) is 3.11. The molecule has 1 aliphatic rings. The highest BCUT2D eigenvalue weighted by Crippen LogP contribution is 2.27. The third-order valence-corrected chi connectivity index (χ3v) is 4.57. The average Bonchev–Trinajstić information content (AvgIpc) is 2.57. The van der Waals surface area contributed by atoms with E-state index in [0.717, 1.165) is 30.5 Å². The molecule has 6 heteroatoms. The van der Waals surface area contributed by atoms with Crippen LogP contribution in [0.3, 0.4) is 0 Å². The number of anilines is 1. The normalized spacial score (nSPS) is 21.3. The zero-order valence-electron chi connectivity index (χ0n) is 9.46. The van der Waals surface area contributed by atoms with Crippen molar-refractivity contribution in [3.8, 4) is 0 Å². The second kappa shape index (κ2) is 6.00. The maximum Gasteiger partial charge on any atom is 0.267 e. The van der Waals surface area contributed by atoms with E-state index in [-0.39, 0.29) is 5.56 Å². The van der Waals surface area contributed by atoms with Crippen molar-refractivity contribution in [2.75, 3.05) is 16.8 Å². The number of H-pyrrole nitrogens is 1. The molecule has 2 rings (SSSR count). The molecule has 1 saturated heterocycles. The Morgan fingerprint density at radius 2 is 2.29 bits per heavy atom. The van der Waals surface area contributed by atoms with Gasteiger partial charge in [-0.25, -0.2) is 4.98 Å². The van der Waals surface area contributed by atoms with Crippen molar-refractivity contribution in [3.63, 3.8) is 0 Å². The second-order valence-electron chi connectivity index (χ2n) is 4.22. The molecular weight excluding hydrogens is 350 g/mol. The molecule has 2 heterocycles. The predicted molar refractivity (Wildman–Crippen MR) is 76.0 cm³/mol. The maximum atomic E-state index is 11.6. The summed E-state index contributed by atoms with van der Waals surface area (Å²) in [6, 6.07) is 0.420. The standard InChI is InChI=1S/C11H15Br2N3O/c12-6-8-4-2-1-3-5-16(8)10-9(13)11(17)15-7-14-10/h7-8H,1-6H2,(H,14,15,17). The predicted octanol–water partition coefficient (Wildman–Crippen LogP) is 2.68. The molecule has 1 aromatic rings. The van der Waals surface area contributed by atoms with Gasteiger partial charge in [0.05, 0.1) is 6.33 Å². The van der Waals surface area contributed by atoms with E-state index in [2.05, 4.69) is 46.7 Å². The lowest BCUT2D eigenvalue weighted by Gasteiger charge is -2.30. The van der Waals surface area contributed by atoms with E-state index in [9.17, 15) is 4.79 Å². The van der Waals surface area contributed by atoms with Crippen molar-refractivity contribution in [3.05, 3.63) is 21.2 Å². The van der Waals surface area contributed by atoms with Gasteiger partial charge in [-0.15, -0.1) is 0 Å². The topological polar surface area (TPSA) is 49.0 Å². The SMILES string of the molecule is O=c1[nH]cnc(N2CCCCCC2CBr)c1Br. The third kappa shape index (κ3) is 2.91. The summed E-state index contributed by atoms with van der Waals surface area (Å²) in [5.74, 6) is 0.764. The van der Waals surface area contributed by atoms with E-state index < -0.39 is 0 Å². The molecule has 1 atom stereocenters. The van der Waals surface area contributed by atoms with Gasteiger partial charge in [-0.2, -0.15) is 0 Å². The fourth-order valence-corrected chi connectivity index (χ4v) is 3.31. The molecule has 0 radical (unpaired) electrons. The van der Waals surface area contributed by atoms with E-state index in [1.807, 2.05) is 0 Å². The van der Waals surface area contributed by atoms with Crippen molar-refractivity contribution in [2.45, 2.75) is 31.7 Å². The summed E-state index contributed by atoms with van der Waals surface area (Å²) in [7, 11) is 0. The minimum Gasteiger partial charge on any atom is -0.352 e. The van der Waals surface area contributed by atoms with Crippen molar-refractivity contribution < 1.29 is 0 Å². The quantitative estimate of drug-likeness (QED) is 0.820. The van der Waals surface area contributed by atoms with Crippen LogP contribution in [-0.4, -0.2) is 27.9 Å². The number of nitrogens with zero attached hydrogens (tertiary/aromatic N) is 2. The van der Waals surface area contributed by atoms with E-state index in [4.69, 9.17) is 0 Å². The highest BCUT2D eigenvalue weighted by Gasteiger charge is 2.23. The van der Waals surface area contributed by atoms with Gasteiger partial charge in [-0.1, -0.05) is 28.8 Å². The van der Waals surface area contributed by atoms with Crippen molar-refractivity contribution in [2.24, 2.45) is 0 Å². The zero-order chi connectivity index (χ0) is 12.3. The summed E-state index contributed by atoms with van der Waals surface area (Å²) < 4.78 is 0.535. The fourth-order valence-electron chi connectivity index (χ4n) is 2.19. The number of hydrogen-bond donors (Lipinski definition) is 1. The first kappa shape index (κ1) is 13.1. The molecule has 0 saturated carbocycles. The number of halogens is 2. The molecule has 0 aromatic carbocycles. The number of aromatic nitrogens is 2. The van der Waals surface area contributed by atoms with Crippen molar-refractivity contribution >= 4 is 37.7 Å². The van der Waals surface area contributed by atoms with Crippen LogP contribution in [0.5, 0.6) is 0 Å². The van der Waals surface area contributed by atoms with E-state index in [1.54, 1.807) is 0 Å². The van der Waals surface area contributed by atoms with Crippen molar-refractivity contribution in [1.82, 2.24) is 9.97 Å². The van der Waals surface area contributed by atoms with Crippen molar-refractivity contribution in [1.29, 1.82) is 0 Å². The number of alkyl halides is 1. The van der Waals surface area contributed by atoms with E-state index in [0.29, 0.717) is 10.5 Å². The summed E-state index contributed by atoms with van der Waals surface area (Å²) in [5.41, 5.74) is -0.118. The van der Waals surface area contributed by atoms with Crippen LogP contribution in [0, 0.1) is 0 Å². The Bertz CT molecular complexity index is 435. The Hall–Kier alpha value is -0.360. The smallest absolute Gasteiger partial charge is 0.267 e. The van der Waals surface area contributed by atoms with Crippen LogP contribution in [0.1, 0.15) is 25.7 Å². The Kier molecular flexibility index (Phi) is 4.62. The molecule has 17 heavy (non-hydrogen) atoms. The molecule has 1 aliphatic heterocycles. The summed E-state index contributed by atoms with van der Waals surface area (Å²) in [5, 5.41) is 0.911. The van der Waals surface area contributed by atoms with Gasteiger partial charge in [-0.05, 0) is 28.8 Å². The minimum atomic E-state index is -0.118. The fraction of sp³-hybridized carbons (Fsp3) is 0.636. The lowest BCUT2D eigenvalue weighted by atomic mass is 10.1.